The molecule has 3 nitrogen and oxygen atoms in total. The van der Waals surface area contributed by atoms with Gasteiger partial charge in [-0.15, -0.1) is 10.2 Å². The molecule has 6 heteroatoms. The lowest BCUT2D eigenvalue weighted by Gasteiger charge is -2.24. The molecule has 0 radical (unpaired) electrons. The van der Waals surface area contributed by atoms with Crippen molar-refractivity contribution in [1.82, 2.24) is 10.2 Å². The van der Waals surface area contributed by atoms with Crippen LogP contribution in [0.25, 0.3) is 0 Å². The largest absolute Gasteiger partial charge is 0.435 e. The molecular formula is C10H14F3N3. The number of hydrogen-bond donors (Lipinski definition) is 1. The summed E-state index contributed by atoms with van der Waals surface area (Å²) >= 11 is 0. The molecule has 0 bridgehead atoms. The Labute approximate surface area is 92.1 Å². The molecule has 0 aromatic carbocycles. The molecule has 0 atom stereocenters. The third kappa shape index (κ3) is 3.36. The molecule has 1 N–H and O–H groups in total. The quantitative estimate of drug-likeness (QED) is 0.871. The summed E-state index contributed by atoms with van der Waals surface area (Å²) in [4.78, 5) is 0. The van der Waals surface area contributed by atoms with Crippen LogP contribution in [0.15, 0.2) is 12.1 Å². The third-order valence-corrected chi connectivity index (χ3v) is 2.31. The van der Waals surface area contributed by atoms with Crippen molar-refractivity contribution in [3.63, 3.8) is 0 Å². The van der Waals surface area contributed by atoms with Gasteiger partial charge in [0.2, 0.25) is 0 Å². The van der Waals surface area contributed by atoms with Crippen LogP contribution in [0.2, 0.25) is 0 Å². The van der Waals surface area contributed by atoms with Crippen LogP contribution in [0.3, 0.4) is 0 Å². The van der Waals surface area contributed by atoms with Crippen molar-refractivity contribution >= 4 is 5.82 Å². The number of anilines is 1. The minimum atomic E-state index is -4.44. The van der Waals surface area contributed by atoms with Gasteiger partial charge in [0.25, 0.3) is 0 Å². The molecule has 1 heterocycles. The Kier molecular flexibility index (Phi) is 3.40. The second-order valence-electron chi connectivity index (χ2n) is 4.16. The highest BCUT2D eigenvalue weighted by atomic mass is 19.4. The highest BCUT2D eigenvalue weighted by Crippen LogP contribution is 2.27. The van der Waals surface area contributed by atoms with Gasteiger partial charge in [0, 0.05) is 5.54 Å². The predicted octanol–water partition coefficient (Wildman–Crippen LogP) is 3.10. The van der Waals surface area contributed by atoms with Gasteiger partial charge in [-0.25, -0.2) is 0 Å². The lowest BCUT2D eigenvalue weighted by Crippen LogP contribution is -2.30. The van der Waals surface area contributed by atoms with Crippen molar-refractivity contribution in [2.24, 2.45) is 0 Å². The van der Waals surface area contributed by atoms with E-state index in [4.69, 9.17) is 0 Å². The Bertz CT molecular complexity index is 343. The van der Waals surface area contributed by atoms with Gasteiger partial charge >= 0.3 is 6.18 Å². The summed E-state index contributed by atoms with van der Waals surface area (Å²) in [7, 11) is 0. The number of nitrogens with one attached hydrogen (secondary N) is 1. The normalized spacial score (nSPS) is 12.6. The lowest BCUT2D eigenvalue weighted by atomic mass is 10.0. The molecule has 0 aliphatic carbocycles. The molecule has 1 rings (SSSR count). The fourth-order valence-corrected chi connectivity index (χ4v) is 0.985. The van der Waals surface area contributed by atoms with E-state index >= 15 is 0 Å². The van der Waals surface area contributed by atoms with E-state index in [2.05, 4.69) is 15.5 Å². The van der Waals surface area contributed by atoms with Crippen molar-refractivity contribution in [2.75, 3.05) is 5.32 Å². The fourth-order valence-electron chi connectivity index (χ4n) is 0.985. The summed E-state index contributed by atoms with van der Waals surface area (Å²) in [6.45, 7) is 5.85. The summed E-state index contributed by atoms with van der Waals surface area (Å²) in [6.07, 6.45) is -3.61. The van der Waals surface area contributed by atoms with Crippen LogP contribution in [-0.4, -0.2) is 15.7 Å². The van der Waals surface area contributed by atoms with E-state index in [0.717, 1.165) is 12.5 Å². The van der Waals surface area contributed by atoms with E-state index in [1.165, 1.54) is 6.07 Å². The van der Waals surface area contributed by atoms with Crippen LogP contribution in [0.4, 0.5) is 19.0 Å². The van der Waals surface area contributed by atoms with E-state index in [-0.39, 0.29) is 5.54 Å². The Balaban J connectivity index is 2.80. The Morgan fingerprint density at radius 3 is 2.19 bits per heavy atom. The van der Waals surface area contributed by atoms with E-state index in [9.17, 15) is 13.2 Å². The lowest BCUT2D eigenvalue weighted by molar-refractivity contribution is -0.141. The zero-order chi connectivity index (χ0) is 12.4. The number of rotatable bonds is 3. The maximum Gasteiger partial charge on any atom is 0.435 e. The van der Waals surface area contributed by atoms with E-state index in [1.807, 2.05) is 20.8 Å². The van der Waals surface area contributed by atoms with Gasteiger partial charge < -0.3 is 5.32 Å². The van der Waals surface area contributed by atoms with Gasteiger partial charge in [-0.3, -0.25) is 0 Å². The number of halogens is 3. The minimum Gasteiger partial charge on any atom is -0.364 e. The van der Waals surface area contributed by atoms with Crippen molar-refractivity contribution in [3.05, 3.63) is 17.8 Å². The zero-order valence-electron chi connectivity index (χ0n) is 9.39. The molecule has 0 unspecified atom stereocenters. The SMILES string of the molecule is CCC(C)(C)Nc1ccc(C(F)(F)F)nn1. The summed E-state index contributed by atoms with van der Waals surface area (Å²) in [5.41, 5.74) is -1.19. The maximum absolute atomic E-state index is 12.2. The first kappa shape index (κ1) is 12.7. The third-order valence-electron chi connectivity index (χ3n) is 2.31. The first-order chi connectivity index (χ1) is 7.24. The fraction of sp³-hybridized carbons (Fsp3) is 0.600. The molecule has 0 saturated carbocycles. The van der Waals surface area contributed by atoms with Crippen LogP contribution in [0.1, 0.15) is 32.9 Å². The number of nitrogens with zero attached hydrogens (tertiary/aromatic N) is 2. The van der Waals surface area contributed by atoms with Crippen LogP contribution in [0.5, 0.6) is 0 Å². The Morgan fingerprint density at radius 2 is 1.81 bits per heavy atom. The minimum absolute atomic E-state index is 0.214. The molecule has 0 amide bonds. The van der Waals surface area contributed by atoms with Gasteiger partial charge in [-0.1, -0.05) is 6.92 Å². The van der Waals surface area contributed by atoms with Gasteiger partial charge in [0.05, 0.1) is 0 Å². The van der Waals surface area contributed by atoms with E-state index in [0.29, 0.717) is 5.82 Å². The van der Waals surface area contributed by atoms with Gasteiger partial charge in [0.15, 0.2) is 5.69 Å². The topological polar surface area (TPSA) is 37.8 Å². The van der Waals surface area contributed by atoms with Crippen molar-refractivity contribution in [1.29, 1.82) is 0 Å². The average molecular weight is 233 g/mol. The second kappa shape index (κ2) is 4.27. The van der Waals surface area contributed by atoms with Crippen LogP contribution in [-0.2, 0) is 6.18 Å². The molecular weight excluding hydrogens is 219 g/mol. The Morgan fingerprint density at radius 1 is 1.19 bits per heavy atom. The summed E-state index contributed by atoms with van der Waals surface area (Å²) < 4.78 is 36.6. The van der Waals surface area contributed by atoms with Gasteiger partial charge in [-0.05, 0) is 32.4 Å². The Hall–Kier alpha value is -1.33. The first-order valence-corrected chi connectivity index (χ1v) is 4.94. The molecule has 0 spiro atoms. The van der Waals surface area contributed by atoms with Gasteiger partial charge in [-0.2, -0.15) is 13.2 Å². The molecule has 0 fully saturated rings. The summed E-state index contributed by atoms with van der Waals surface area (Å²) in [6, 6.07) is 2.20. The number of aromatic nitrogens is 2. The molecule has 0 saturated heterocycles. The van der Waals surface area contributed by atoms with E-state index in [1.54, 1.807) is 0 Å². The van der Waals surface area contributed by atoms with E-state index < -0.39 is 11.9 Å². The molecule has 1 aromatic rings. The highest BCUT2D eigenvalue weighted by molar-refractivity contribution is 5.36. The molecule has 1 aromatic heterocycles. The smallest absolute Gasteiger partial charge is 0.364 e. The predicted molar refractivity (Wildman–Crippen MR) is 55.0 cm³/mol. The molecule has 0 aliphatic heterocycles. The van der Waals surface area contributed by atoms with Crippen molar-refractivity contribution in [2.45, 2.75) is 38.9 Å². The maximum atomic E-state index is 12.2. The summed E-state index contributed by atoms with van der Waals surface area (Å²) in [5.74, 6) is 0.347. The second-order valence-corrected chi connectivity index (χ2v) is 4.16. The monoisotopic (exact) mass is 233 g/mol. The molecule has 16 heavy (non-hydrogen) atoms. The van der Waals surface area contributed by atoms with Crippen molar-refractivity contribution < 1.29 is 13.2 Å². The number of alkyl halides is 3. The van der Waals surface area contributed by atoms with Crippen molar-refractivity contribution in [3.8, 4) is 0 Å². The standard InChI is InChI=1S/C10H14F3N3/c1-4-9(2,3)14-8-6-5-7(15-16-8)10(11,12)13/h5-6H,4H2,1-3H3,(H,14,16). The zero-order valence-corrected chi connectivity index (χ0v) is 9.39. The molecule has 0 aliphatic rings. The average Bonchev–Trinajstić information content (AvgIpc) is 2.16. The highest BCUT2D eigenvalue weighted by Gasteiger charge is 2.33. The van der Waals surface area contributed by atoms with Crippen LogP contribution >= 0.6 is 0 Å². The van der Waals surface area contributed by atoms with Crippen LogP contribution in [0, 0.1) is 0 Å². The van der Waals surface area contributed by atoms with Crippen LogP contribution < -0.4 is 5.32 Å². The molecule has 90 valence electrons. The summed E-state index contributed by atoms with van der Waals surface area (Å²) in [5, 5.41) is 9.63. The first-order valence-electron chi connectivity index (χ1n) is 4.94. The number of hydrogen-bond acceptors (Lipinski definition) is 3. The van der Waals surface area contributed by atoms with Gasteiger partial charge in [0.1, 0.15) is 5.82 Å².